The molecule has 9 heteroatoms. The Morgan fingerprint density at radius 1 is 1.30 bits per heavy atom. The van der Waals surface area contributed by atoms with Gasteiger partial charge in [-0.25, -0.2) is 4.98 Å². The highest BCUT2D eigenvalue weighted by Crippen LogP contribution is 2.46. The Hall–Kier alpha value is -2.48. The van der Waals surface area contributed by atoms with Crippen molar-refractivity contribution in [3.8, 4) is 0 Å². The lowest BCUT2D eigenvalue weighted by atomic mass is 9.82. The zero-order valence-electron chi connectivity index (χ0n) is 11.7. The molecule has 3 N–H and O–H groups in total. The molecule has 1 amide bonds. The Balaban J connectivity index is 1.75. The van der Waals surface area contributed by atoms with E-state index in [1.807, 2.05) is 0 Å². The van der Waals surface area contributed by atoms with Crippen LogP contribution in [0, 0.1) is 17.8 Å². The minimum atomic E-state index is -0.760. The number of amides is 1. The number of Topliss-reactive ketones (excluding diaryl/α,β-unsaturated/α-hetero) is 2. The second-order valence-corrected chi connectivity index (χ2v) is 6.09. The fourth-order valence-electron chi connectivity index (χ4n) is 3.63. The summed E-state index contributed by atoms with van der Waals surface area (Å²) in [5, 5.41) is 3.02. The number of carbonyl (C=O) groups excluding carboxylic acids is 3. The predicted molar refractivity (Wildman–Crippen MR) is 78.5 cm³/mol. The number of rotatable bonds is 3. The van der Waals surface area contributed by atoms with Gasteiger partial charge in [0.1, 0.15) is 5.52 Å². The molecule has 2 aliphatic rings. The lowest BCUT2D eigenvalue weighted by Gasteiger charge is -2.28. The fourth-order valence-corrected chi connectivity index (χ4v) is 3.81. The van der Waals surface area contributed by atoms with E-state index in [-0.39, 0.29) is 11.1 Å². The zero-order chi connectivity index (χ0) is 16.3. The van der Waals surface area contributed by atoms with E-state index in [0.717, 1.165) is 0 Å². The van der Waals surface area contributed by atoms with Gasteiger partial charge in [-0.15, -0.1) is 0 Å². The highest BCUT2D eigenvalue weighted by Gasteiger charge is 2.60. The van der Waals surface area contributed by atoms with Gasteiger partial charge in [-0.3, -0.25) is 14.4 Å². The third-order valence-electron chi connectivity index (χ3n) is 4.59. The summed E-state index contributed by atoms with van der Waals surface area (Å²) in [6.07, 6.45) is 1.75. The van der Waals surface area contributed by atoms with Crippen molar-refractivity contribution in [2.75, 3.05) is 5.32 Å². The van der Waals surface area contributed by atoms with E-state index in [1.165, 1.54) is 6.26 Å². The van der Waals surface area contributed by atoms with Crippen LogP contribution in [0.5, 0.6) is 0 Å². The first-order valence-corrected chi connectivity index (χ1v) is 7.40. The summed E-state index contributed by atoms with van der Waals surface area (Å²) in [6, 6.07) is 1.01. The minimum absolute atomic E-state index is 0.00239. The Morgan fingerprint density at radius 2 is 2.04 bits per heavy atom. The topological polar surface area (TPSA) is 128 Å². The van der Waals surface area contributed by atoms with Crippen LogP contribution in [0.25, 0.3) is 11.1 Å². The quantitative estimate of drug-likeness (QED) is 0.619. The average Bonchev–Trinajstić information content (AvgIpc) is 3.15. The number of fused-ring (bicyclic) bond motifs is 3. The van der Waals surface area contributed by atoms with Crippen LogP contribution < -0.4 is 11.1 Å². The Bertz CT molecular complexity index is 864. The van der Waals surface area contributed by atoms with Gasteiger partial charge in [0, 0.05) is 17.9 Å². The first-order valence-electron chi connectivity index (χ1n) is 7.02. The molecule has 2 aromatic heterocycles. The zero-order valence-corrected chi connectivity index (χ0v) is 12.4. The molecule has 2 saturated carbocycles. The van der Waals surface area contributed by atoms with Crippen LogP contribution >= 0.6 is 11.6 Å². The molecule has 0 spiro atoms. The summed E-state index contributed by atoms with van der Waals surface area (Å²) < 4.78 is 5.32. The third kappa shape index (κ3) is 1.94. The van der Waals surface area contributed by atoms with E-state index in [9.17, 15) is 14.4 Å². The number of aromatic nitrogens is 2. The summed E-state index contributed by atoms with van der Waals surface area (Å²) >= 11 is 5.88. The van der Waals surface area contributed by atoms with Gasteiger partial charge in [-0.05, 0) is 18.0 Å². The van der Waals surface area contributed by atoms with Crippen LogP contribution in [0.1, 0.15) is 6.42 Å². The molecule has 2 bridgehead atoms. The van der Waals surface area contributed by atoms with Crippen molar-refractivity contribution in [2.45, 2.75) is 12.5 Å². The van der Waals surface area contributed by atoms with Gasteiger partial charge in [-0.1, -0.05) is 0 Å². The van der Waals surface area contributed by atoms with E-state index in [2.05, 4.69) is 15.3 Å². The number of anilines is 1. The van der Waals surface area contributed by atoms with Crippen molar-refractivity contribution >= 4 is 46.0 Å². The summed E-state index contributed by atoms with van der Waals surface area (Å²) in [7, 11) is 0. The number of nitrogens with two attached hydrogens (primary N) is 1. The number of carbonyl (C=O) groups is 3. The number of primary amides is 1. The van der Waals surface area contributed by atoms with E-state index in [1.54, 1.807) is 6.07 Å². The van der Waals surface area contributed by atoms with Gasteiger partial charge in [-0.2, -0.15) is 4.98 Å². The van der Waals surface area contributed by atoms with Gasteiger partial charge in [0.05, 0.1) is 18.2 Å². The lowest BCUT2D eigenvalue weighted by molar-refractivity contribution is -0.142. The smallest absolute Gasteiger partial charge is 0.225 e. The number of hydrogen-bond donors (Lipinski definition) is 2. The monoisotopic (exact) mass is 334 g/mol. The molecule has 0 aromatic carbocycles. The number of ketones is 2. The van der Waals surface area contributed by atoms with Crippen molar-refractivity contribution in [2.24, 2.45) is 23.5 Å². The standard InChI is InChI=1S/C14H11ClN4O4/c15-14-17-6-1-2-23-11(6)13(19-14)18-8-5-3-4(7(8)12(16)22)9(20)10(5)21/h1-2,4-5,7-8H,3H2,(H2,16,22)(H,17,18,19). The Morgan fingerprint density at radius 3 is 2.78 bits per heavy atom. The van der Waals surface area contributed by atoms with E-state index >= 15 is 0 Å². The molecule has 0 aliphatic heterocycles. The molecule has 118 valence electrons. The van der Waals surface area contributed by atoms with Gasteiger partial charge in [0.15, 0.2) is 11.4 Å². The second kappa shape index (κ2) is 4.76. The van der Waals surface area contributed by atoms with Crippen LogP contribution in [-0.4, -0.2) is 33.5 Å². The molecule has 4 unspecified atom stereocenters. The first kappa shape index (κ1) is 14.1. The number of halogens is 1. The average molecular weight is 335 g/mol. The highest BCUT2D eigenvalue weighted by molar-refractivity contribution is 6.42. The number of nitrogens with zero attached hydrogens (tertiary/aromatic N) is 2. The van der Waals surface area contributed by atoms with E-state index in [4.69, 9.17) is 21.8 Å². The third-order valence-corrected chi connectivity index (χ3v) is 4.76. The minimum Gasteiger partial charge on any atom is -0.459 e. The molecule has 8 nitrogen and oxygen atoms in total. The van der Waals surface area contributed by atoms with E-state index in [0.29, 0.717) is 17.5 Å². The Kier molecular flexibility index (Phi) is 2.92. The van der Waals surface area contributed by atoms with Crippen molar-refractivity contribution < 1.29 is 18.8 Å². The van der Waals surface area contributed by atoms with Crippen molar-refractivity contribution in [1.29, 1.82) is 0 Å². The summed E-state index contributed by atoms with van der Waals surface area (Å²) in [6.45, 7) is 0. The largest absolute Gasteiger partial charge is 0.459 e. The lowest BCUT2D eigenvalue weighted by Crippen LogP contribution is -2.49. The molecule has 23 heavy (non-hydrogen) atoms. The van der Waals surface area contributed by atoms with Crippen LogP contribution in [0.3, 0.4) is 0 Å². The van der Waals surface area contributed by atoms with Crippen LogP contribution in [-0.2, 0) is 14.4 Å². The summed E-state index contributed by atoms with van der Waals surface area (Å²) in [4.78, 5) is 43.7. The molecule has 0 radical (unpaired) electrons. The van der Waals surface area contributed by atoms with Gasteiger partial charge >= 0.3 is 0 Å². The molecular weight excluding hydrogens is 324 g/mol. The molecule has 2 aliphatic carbocycles. The maximum atomic E-state index is 12.0. The Labute approximate surface area is 134 Å². The normalized spacial score (nSPS) is 29.4. The molecule has 2 heterocycles. The molecule has 4 atom stereocenters. The number of nitrogens with one attached hydrogen (secondary N) is 1. The van der Waals surface area contributed by atoms with Gasteiger partial charge in [0.2, 0.25) is 22.8 Å². The highest BCUT2D eigenvalue weighted by atomic mass is 35.5. The van der Waals surface area contributed by atoms with E-state index < -0.39 is 41.3 Å². The van der Waals surface area contributed by atoms with Crippen molar-refractivity contribution in [3.63, 3.8) is 0 Å². The van der Waals surface area contributed by atoms with Gasteiger partial charge in [0.25, 0.3) is 0 Å². The molecular formula is C14H11ClN4O4. The molecule has 2 fully saturated rings. The SMILES string of the molecule is NC(=O)C1C2CC(C(=O)C2=O)C1Nc1nc(Cl)nc2ccoc12. The molecule has 0 saturated heterocycles. The summed E-state index contributed by atoms with van der Waals surface area (Å²) in [5.41, 5.74) is 6.29. The van der Waals surface area contributed by atoms with Crippen molar-refractivity contribution in [1.82, 2.24) is 9.97 Å². The number of hydrogen-bond acceptors (Lipinski definition) is 7. The van der Waals surface area contributed by atoms with Crippen LogP contribution in [0.4, 0.5) is 5.82 Å². The van der Waals surface area contributed by atoms with Gasteiger partial charge < -0.3 is 15.5 Å². The summed E-state index contributed by atoms with van der Waals surface area (Å²) in [5.74, 6) is -3.35. The predicted octanol–water partition coefficient (Wildman–Crippen LogP) is 0.546. The molecule has 2 aromatic rings. The molecule has 4 rings (SSSR count). The first-order chi connectivity index (χ1) is 11.0. The van der Waals surface area contributed by atoms with Crippen molar-refractivity contribution in [3.05, 3.63) is 17.6 Å². The fraction of sp³-hybridized carbons (Fsp3) is 0.357. The van der Waals surface area contributed by atoms with Crippen LogP contribution in [0.2, 0.25) is 5.28 Å². The maximum Gasteiger partial charge on any atom is 0.225 e. The second-order valence-electron chi connectivity index (χ2n) is 5.75. The maximum absolute atomic E-state index is 12.0. The number of furan rings is 1. The van der Waals surface area contributed by atoms with Crippen LogP contribution in [0.15, 0.2) is 16.7 Å².